The van der Waals surface area contributed by atoms with E-state index >= 15 is 0 Å². The van der Waals surface area contributed by atoms with Gasteiger partial charge >= 0.3 is 0 Å². The molecule has 0 fully saturated rings. The van der Waals surface area contributed by atoms with Gasteiger partial charge in [-0.15, -0.1) is 0 Å². The zero-order valence-corrected chi connectivity index (χ0v) is 8.80. The van der Waals surface area contributed by atoms with Crippen molar-refractivity contribution in [3.8, 4) is 11.3 Å². The molecule has 0 unspecified atom stereocenters. The first-order chi connectivity index (χ1) is 6.90. The molecule has 4 heteroatoms. The number of thiophene rings is 1. The van der Waals surface area contributed by atoms with Crippen molar-refractivity contribution in [1.82, 2.24) is 10.5 Å². The van der Waals surface area contributed by atoms with E-state index in [2.05, 4.69) is 22.8 Å². The predicted molar refractivity (Wildman–Crippen MR) is 57.2 cm³/mol. The molecule has 0 aliphatic heterocycles. The van der Waals surface area contributed by atoms with E-state index in [0.717, 1.165) is 30.1 Å². The molecule has 0 bridgehead atoms. The van der Waals surface area contributed by atoms with Crippen LogP contribution in [-0.2, 0) is 6.54 Å². The van der Waals surface area contributed by atoms with Gasteiger partial charge in [0.2, 0.25) is 0 Å². The monoisotopic (exact) mass is 208 g/mol. The van der Waals surface area contributed by atoms with Crippen LogP contribution in [0.25, 0.3) is 11.3 Å². The van der Waals surface area contributed by atoms with Crippen LogP contribution in [0.1, 0.15) is 12.6 Å². The Morgan fingerprint density at radius 2 is 2.50 bits per heavy atom. The average molecular weight is 208 g/mol. The highest BCUT2D eigenvalue weighted by Gasteiger charge is 2.05. The van der Waals surface area contributed by atoms with Crippen LogP contribution >= 0.6 is 11.3 Å². The summed E-state index contributed by atoms with van der Waals surface area (Å²) in [6.07, 6.45) is 0. The maximum atomic E-state index is 5.22. The first kappa shape index (κ1) is 9.43. The van der Waals surface area contributed by atoms with Gasteiger partial charge in [-0.05, 0) is 18.0 Å². The summed E-state index contributed by atoms with van der Waals surface area (Å²) < 4.78 is 5.22. The Hall–Kier alpha value is -1.13. The summed E-state index contributed by atoms with van der Waals surface area (Å²) in [5.41, 5.74) is 2.05. The quantitative estimate of drug-likeness (QED) is 0.839. The van der Waals surface area contributed by atoms with Crippen LogP contribution in [0.5, 0.6) is 0 Å². The van der Waals surface area contributed by atoms with Crippen LogP contribution in [-0.4, -0.2) is 11.7 Å². The molecule has 2 aromatic rings. The largest absolute Gasteiger partial charge is 0.356 e. The summed E-state index contributed by atoms with van der Waals surface area (Å²) >= 11 is 1.66. The van der Waals surface area contributed by atoms with E-state index in [1.807, 2.05) is 17.5 Å². The molecule has 0 spiro atoms. The highest BCUT2D eigenvalue weighted by Crippen LogP contribution is 2.22. The number of hydrogen-bond donors (Lipinski definition) is 1. The van der Waals surface area contributed by atoms with Crippen LogP contribution in [0.15, 0.2) is 27.4 Å². The zero-order chi connectivity index (χ0) is 9.80. The van der Waals surface area contributed by atoms with Gasteiger partial charge in [0, 0.05) is 23.6 Å². The van der Waals surface area contributed by atoms with Crippen molar-refractivity contribution in [3.05, 3.63) is 28.6 Å². The molecule has 0 aliphatic carbocycles. The lowest BCUT2D eigenvalue weighted by molar-refractivity contribution is 0.420. The lowest BCUT2D eigenvalue weighted by Crippen LogP contribution is -2.11. The predicted octanol–water partition coefficient (Wildman–Crippen LogP) is 2.51. The molecular formula is C10H12N2OS. The number of aromatic nitrogens is 1. The van der Waals surface area contributed by atoms with Crippen molar-refractivity contribution in [2.75, 3.05) is 6.54 Å². The van der Waals surface area contributed by atoms with Crippen molar-refractivity contribution >= 4 is 11.3 Å². The first-order valence-electron chi connectivity index (χ1n) is 4.59. The molecule has 1 N–H and O–H groups in total. The molecule has 74 valence electrons. The van der Waals surface area contributed by atoms with Crippen molar-refractivity contribution in [1.29, 1.82) is 0 Å². The summed E-state index contributed by atoms with van der Waals surface area (Å²) in [5.74, 6) is 0.846. The smallest absolute Gasteiger partial charge is 0.168 e. The summed E-state index contributed by atoms with van der Waals surface area (Å²) in [7, 11) is 0. The minimum absolute atomic E-state index is 0.768. The Morgan fingerprint density at radius 1 is 1.57 bits per heavy atom. The van der Waals surface area contributed by atoms with Crippen molar-refractivity contribution < 1.29 is 4.52 Å². The van der Waals surface area contributed by atoms with E-state index < -0.39 is 0 Å². The maximum Gasteiger partial charge on any atom is 0.168 e. The second kappa shape index (κ2) is 4.39. The van der Waals surface area contributed by atoms with Gasteiger partial charge in [-0.1, -0.05) is 12.1 Å². The number of nitrogens with one attached hydrogen (secondary N) is 1. The number of nitrogens with zero attached hydrogens (tertiary/aromatic N) is 1. The third-order valence-electron chi connectivity index (χ3n) is 1.92. The molecule has 0 atom stereocenters. The second-order valence-corrected chi connectivity index (χ2v) is 3.75. The summed E-state index contributed by atoms with van der Waals surface area (Å²) in [4.78, 5) is 0. The third-order valence-corrected chi connectivity index (χ3v) is 2.60. The Morgan fingerprint density at radius 3 is 3.21 bits per heavy atom. The Balaban J connectivity index is 2.10. The molecule has 0 saturated carbocycles. The molecule has 0 amide bonds. The van der Waals surface area contributed by atoms with Gasteiger partial charge in [0.15, 0.2) is 5.76 Å². The van der Waals surface area contributed by atoms with Crippen LogP contribution in [0.2, 0.25) is 0 Å². The lowest BCUT2D eigenvalue weighted by Gasteiger charge is -1.93. The molecule has 2 aromatic heterocycles. The van der Waals surface area contributed by atoms with Crippen LogP contribution < -0.4 is 5.32 Å². The Labute approximate surface area is 86.7 Å². The van der Waals surface area contributed by atoms with E-state index in [0.29, 0.717) is 0 Å². The fourth-order valence-electron chi connectivity index (χ4n) is 1.19. The molecule has 2 rings (SSSR count). The minimum Gasteiger partial charge on any atom is -0.356 e. The SMILES string of the molecule is CCNCc1cc(-c2ccsc2)on1. The highest BCUT2D eigenvalue weighted by molar-refractivity contribution is 7.08. The molecular weight excluding hydrogens is 196 g/mol. The molecule has 3 nitrogen and oxygen atoms in total. The van der Waals surface area contributed by atoms with E-state index in [4.69, 9.17) is 4.52 Å². The number of hydrogen-bond acceptors (Lipinski definition) is 4. The third kappa shape index (κ3) is 2.02. The zero-order valence-electron chi connectivity index (χ0n) is 7.99. The fourth-order valence-corrected chi connectivity index (χ4v) is 1.83. The minimum atomic E-state index is 0.768. The van der Waals surface area contributed by atoms with Gasteiger partial charge < -0.3 is 9.84 Å². The standard InChI is InChI=1S/C10H12N2OS/c1-2-11-6-9-5-10(13-12-9)8-3-4-14-7-8/h3-5,7,11H,2,6H2,1H3. The van der Waals surface area contributed by atoms with Crippen LogP contribution in [0, 0.1) is 0 Å². The average Bonchev–Trinajstić information content (AvgIpc) is 2.85. The van der Waals surface area contributed by atoms with E-state index in [1.54, 1.807) is 11.3 Å². The summed E-state index contributed by atoms with van der Waals surface area (Å²) in [5, 5.41) is 11.3. The fraction of sp³-hybridized carbons (Fsp3) is 0.300. The lowest BCUT2D eigenvalue weighted by atomic mass is 10.2. The molecule has 14 heavy (non-hydrogen) atoms. The molecule has 2 heterocycles. The molecule has 0 aliphatic rings. The van der Waals surface area contributed by atoms with Crippen molar-refractivity contribution in [3.63, 3.8) is 0 Å². The van der Waals surface area contributed by atoms with E-state index in [-0.39, 0.29) is 0 Å². The molecule has 0 radical (unpaired) electrons. The second-order valence-electron chi connectivity index (χ2n) is 2.97. The van der Waals surface area contributed by atoms with Gasteiger partial charge in [0.05, 0.1) is 5.69 Å². The highest BCUT2D eigenvalue weighted by atomic mass is 32.1. The van der Waals surface area contributed by atoms with E-state index in [1.165, 1.54) is 0 Å². The van der Waals surface area contributed by atoms with Gasteiger partial charge in [0.25, 0.3) is 0 Å². The molecule has 0 aromatic carbocycles. The number of rotatable bonds is 4. The Kier molecular flexibility index (Phi) is 2.96. The molecule has 0 saturated heterocycles. The van der Waals surface area contributed by atoms with Gasteiger partial charge in [0.1, 0.15) is 0 Å². The van der Waals surface area contributed by atoms with Crippen LogP contribution in [0.3, 0.4) is 0 Å². The Bertz CT molecular complexity index is 380. The van der Waals surface area contributed by atoms with Crippen molar-refractivity contribution in [2.24, 2.45) is 0 Å². The normalized spacial score (nSPS) is 10.6. The van der Waals surface area contributed by atoms with Crippen molar-refractivity contribution in [2.45, 2.75) is 13.5 Å². The van der Waals surface area contributed by atoms with E-state index in [9.17, 15) is 0 Å². The summed E-state index contributed by atoms with van der Waals surface area (Å²) in [6, 6.07) is 4.01. The van der Waals surface area contributed by atoms with Gasteiger partial charge in [-0.25, -0.2) is 0 Å². The maximum absolute atomic E-state index is 5.22. The van der Waals surface area contributed by atoms with Gasteiger partial charge in [-0.2, -0.15) is 11.3 Å². The van der Waals surface area contributed by atoms with Gasteiger partial charge in [-0.3, -0.25) is 0 Å². The first-order valence-corrected chi connectivity index (χ1v) is 5.53. The summed E-state index contributed by atoms with van der Waals surface area (Å²) in [6.45, 7) is 3.78. The topological polar surface area (TPSA) is 38.1 Å². The van der Waals surface area contributed by atoms with Crippen LogP contribution in [0.4, 0.5) is 0 Å².